The summed E-state index contributed by atoms with van der Waals surface area (Å²) in [4.78, 5) is 14.2. The molecule has 1 aliphatic heterocycles. The van der Waals surface area contributed by atoms with Crippen LogP contribution in [0.25, 0.3) is 0 Å². The van der Waals surface area contributed by atoms with Crippen molar-refractivity contribution in [3.63, 3.8) is 0 Å². The van der Waals surface area contributed by atoms with Crippen LogP contribution in [-0.4, -0.2) is 62.8 Å². The Kier molecular flexibility index (Phi) is 6.76. The summed E-state index contributed by atoms with van der Waals surface area (Å²) in [6, 6.07) is 1.06. The number of nitrogens with zero attached hydrogens (tertiary/aromatic N) is 1. The molecule has 0 aromatic carbocycles. The van der Waals surface area contributed by atoms with Crippen molar-refractivity contribution in [2.24, 2.45) is 0 Å². The standard InChI is InChI=1S/C15H29N3O2/c1-18(14-4-2-3-5-14)9-8-16-12-15(19)17-13-6-10-20-11-7-13/h13-14,16H,2-12H2,1H3,(H,17,19). The fraction of sp³-hybridized carbons (Fsp3) is 0.933. The molecule has 1 heterocycles. The molecule has 1 saturated heterocycles. The smallest absolute Gasteiger partial charge is 0.234 e. The second kappa shape index (κ2) is 8.60. The van der Waals surface area contributed by atoms with Gasteiger partial charge in [-0.2, -0.15) is 0 Å². The molecule has 0 aromatic heterocycles. The lowest BCUT2D eigenvalue weighted by Gasteiger charge is -2.24. The van der Waals surface area contributed by atoms with Gasteiger partial charge < -0.3 is 20.3 Å². The number of hydrogen-bond acceptors (Lipinski definition) is 4. The fourth-order valence-corrected chi connectivity index (χ4v) is 3.11. The molecule has 0 aromatic rings. The van der Waals surface area contributed by atoms with Gasteiger partial charge in [-0.1, -0.05) is 12.8 Å². The predicted molar refractivity (Wildman–Crippen MR) is 79.7 cm³/mol. The van der Waals surface area contributed by atoms with Crippen LogP contribution in [0, 0.1) is 0 Å². The molecule has 0 bridgehead atoms. The first-order chi connectivity index (χ1) is 9.75. The number of carbonyl (C=O) groups is 1. The van der Waals surface area contributed by atoms with Crippen LogP contribution in [0.3, 0.4) is 0 Å². The summed E-state index contributed by atoms with van der Waals surface area (Å²) >= 11 is 0. The van der Waals surface area contributed by atoms with Crippen LogP contribution in [0.5, 0.6) is 0 Å². The lowest BCUT2D eigenvalue weighted by atomic mass is 10.1. The minimum absolute atomic E-state index is 0.111. The zero-order valence-corrected chi connectivity index (χ0v) is 12.7. The fourth-order valence-electron chi connectivity index (χ4n) is 3.11. The molecular weight excluding hydrogens is 254 g/mol. The van der Waals surface area contributed by atoms with Crippen molar-refractivity contribution in [3.05, 3.63) is 0 Å². The summed E-state index contributed by atoms with van der Waals surface area (Å²) in [5.74, 6) is 0.111. The van der Waals surface area contributed by atoms with E-state index in [1.807, 2.05) is 0 Å². The van der Waals surface area contributed by atoms with Crippen LogP contribution in [0.1, 0.15) is 38.5 Å². The van der Waals surface area contributed by atoms with E-state index in [1.54, 1.807) is 0 Å². The number of hydrogen-bond donors (Lipinski definition) is 2. The molecule has 0 unspecified atom stereocenters. The molecule has 0 radical (unpaired) electrons. The number of nitrogens with one attached hydrogen (secondary N) is 2. The third-order valence-corrected chi connectivity index (χ3v) is 4.46. The maximum atomic E-state index is 11.8. The maximum absolute atomic E-state index is 11.8. The van der Waals surface area contributed by atoms with Crippen molar-refractivity contribution >= 4 is 5.91 Å². The van der Waals surface area contributed by atoms with Gasteiger partial charge in [0.1, 0.15) is 0 Å². The summed E-state index contributed by atoms with van der Waals surface area (Å²) < 4.78 is 5.28. The Bertz CT molecular complexity index is 287. The molecule has 5 heteroatoms. The predicted octanol–water partition coefficient (Wildman–Crippen LogP) is 0.746. The summed E-state index contributed by atoms with van der Waals surface area (Å²) in [5.41, 5.74) is 0. The molecule has 1 saturated carbocycles. The van der Waals surface area contributed by atoms with Gasteiger partial charge in [0, 0.05) is 38.4 Å². The second-order valence-corrected chi connectivity index (χ2v) is 6.05. The van der Waals surface area contributed by atoms with Crippen LogP contribution < -0.4 is 10.6 Å². The highest BCUT2D eigenvalue weighted by molar-refractivity contribution is 5.78. The molecule has 2 rings (SSSR count). The van der Waals surface area contributed by atoms with Crippen molar-refractivity contribution in [1.82, 2.24) is 15.5 Å². The van der Waals surface area contributed by atoms with E-state index in [4.69, 9.17) is 4.74 Å². The molecule has 5 nitrogen and oxygen atoms in total. The van der Waals surface area contributed by atoms with Crippen molar-refractivity contribution in [2.75, 3.05) is 39.9 Å². The van der Waals surface area contributed by atoms with Crippen LogP contribution in [0.2, 0.25) is 0 Å². The molecule has 2 aliphatic rings. The molecule has 20 heavy (non-hydrogen) atoms. The lowest BCUT2D eigenvalue weighted by Crippen LogP contribution is -2.44. The molecular formula is C15H29N3O2. The topological polar surface area (TPSA) is 53.6 Å². The Hall–Kier alpha value is -0.650. The summed E-state index contributed by atoms with van der Waals surface area (Å²) in [6.45, 7) is 3.87. The molecule has 1 amide bonds. The number of amides is 1. The minimum Gasteiger partial charge on any atom is -0.381 e. The van der Waals surface area contributed by atoms with Gasteiger partial charge in [0.2, 0.25) is 5.91 Å². The van der Waals surface area contributed by atoms with Crippen molar-refractivity contribution < 1.29 is 9.53 Å². The summed E-state index contributed by atoms with van der Waals surface area (Å²) in [7, 11) is 2.19. The molecule has 116 valence electrons. The number of carbonyl (C=O) groups excluding carboxylic acids is 1. The maximum Gasteiger partial charge on any atom is 0.234 e. The van der Waals surface area contributed by atoms with Gasteiger partial charge in [-0.05, 0) is 32.7 Å². The minimum atomic E-state index is 0.111. The van der Waals surface area contributed by atoms with Gasteiger partial charge in [0.25, 0.3) is 0 Å². The van der Waals surface area contributed by atoms with Crippen molar-refractivity contribution in [1.29, 1.82) is 0 Å². The second-order valence-electron chi connectivity index (χ2n) is 6.05. The quantitative estimate of drug-likeness (QED) is 0.677. The Balaban J connectivity index is 1.50. The largest absolute Gasteiger partial charge is 0.381 e. The van der Waals surface area contributed by atoms with E-state index in [2.05, 4.69) is 22.6 Å². The molecule has 2 N–H and O–H groups in total. The van der Waals surface area contributed by atoms with E-state index in [0.717, 1.165) is 45.2 Å². The first-order valence-corrected chi connectivity index (χ1v) is 8.04. The third-order valence-electron chi connectivity index (χ3n) is 4.46. The number of rotatable bonds is 7. The van der Waals surface area contributed by atoms with E-state index in [0.29, 0.717) is 12.6 Å². The normalized spacial score (nSPS) is 21.5. The Labute approximate surface area is 122 Å². The Morgan fingerprint density at radius 1 is 1.20 bits per heavy atom. The first-order valence-electron chi connectivity index (χ1n) is 8.04. The highest BCUT2D eigenvalue weighted by atomic mass is 16.5. The van der Waals surface area contributed by atoms with E-state index < -0.39 is 0 Å². The molecule has 0 spiro atoms. The van der Waals surface area contributed by atoms with Gasteiger partial charge in [0.15, 0.2) is 0 Å². The van der Waals surface area contributed by atoms with E-state index >= 15 is 0 Å². The summed E-state index contributed by atoms with van der Waals surface area (Å²) in [6.07, 6.45) is 7.29. The molecule has 1 aliphatic carbocycles. The third kappa shape index (κ3) is 5.38. The van der Waals surface area contributed by atoms with E-state index in [9.17, 15) is 4.79 Å². The van der Waals surface area contributed by atoms with E-state index in [1.165, 1.54) is 25.7 Å². The van der Waals surface area contributed by atoms with Gasteiger partial charge >= 0.3 is 0 Å². The van der Waals surface area contributed by atoms with Crippen molar-refractivity contribution in [3.8, 4) is 0 Å². The highest BCUT2D eigenvalue weighted by Crippen LogP contribution is 2.21. The average Bonchev–Trinajstić information content (AvgIpc) is 2.99. The van der Waals surface area contributed by atoms with Gasteiger partial charge in [-0.15, -0.1) is 0 Å². The van der Waals surface area contributed by atoms with Crippen molar-refractivity contribution in [2.45, 2.75) is 50.6 Å². The van der Waals surface area contributed by atoms with Crippen LogP contribution in [0.15, 0.2) is 0 Å². The number of likely N-dealkylation sites (N-methyl/N-ethyl adjacent to an activating group) is 1. The van der Waals surface area contributed by atoms with Crippen LogP contribution in [0.4, 0.5) is 0 Å². The highest BCUT2D eigenvalue weighted by Gasteiger charge is 2.19. The lowest BCUT2D eigenvalue weighted by molar-refractivity contribution is -0.121. The Morgan fingerprint density at radius 2 is 1.90 bits per heavy atom. The first kappa shape index (κ1) is 15.7. The van der Waals surface area contributed by atoms with Gasteiger partial charge in [0.05, 0.1) is 6.54 Å². The monoisotopic (exact) mass is 283 g/mol. The summed E-state index contributed by atoms with van der Waals surface area (Å²) in [5, 5.41) is 6.31. The Morgan fingerprint density at radius 3 is 2.60 bits per heavy atom. The number of ether oxygens (including phenoxy) is 1. The molecule has 2 fully saturated rings. The van der Waals surface area contributed by atoms with Gasteiger partial charge in [-0.25, -0.2) is 0 Å². The van der Waals surface area contributed by atoms with Gasteiger partial charge in [-0.3, -0.25) is 4.79 Å². The zero-order valence-electron chi connectivity index (χ0n) is 12.7. The van der Waals surface area contributed by atoms with E-state index in [-0.39, 0.29) is 5.91 Å². The van der Waals surface area contributed by atoms with Crippen LogP contribution in [-0.2, 0) is 9.53 Å². The SMILES string of the molecule is CN(CCNCC(=O)NC1CCOCC1)C1CCCC1. The van der Waals surface area contributed by atoms with Crippen LogP contribution >= 0.6 is 0 Å². The molecule has 0 atom stereocenters. The average molecular weight is 283 g/mol. The zero-order chi connectivity index (χ0) is 14.2.